The Bertz CT molecular complexity index is 499. The first-order chi connectivity index (χ1) is 9.39. The molecule has 0 saturated carbocycles. The molecule has 1 aliphatic rings. The number of hydrogen-bond acceptors (Lipinski definition) is 2. The number of carbonyl (C=O) groups is 1. The first-order valence-electron chi connectivity index (χ1n) is 7.06. The summed E-state index contributed by atoms with van der Waals surface area (Å²) in [5, 5.41) is 2.87. The third kappa shape index (κ3) is 3.89. The Morgan fingerprint density at radius 2 is 2.25 bits per heavy atom. The number of alkyl halides is 1. The summed E-state index contributed by atoms with van der Waals surface area (Å²) in [5.74, 6) is 0.877. The number of ether oxygens (including phenoxy) is 1. The lowest BCUT2D eigenvalue weighted by Gasteiger charge is -2.32. The highest BCUT2D eigenvalue weighted by Gasteiger charge is 2.26. The standard InChI is InChI=1S/C16H22ClNO2/c1-11(18-15(19)10-17)8-12-4-5-14-13(9-12)6-7-16(2,3)20-14/h4-5,9,11H,6-8,10H2,1-3H3,(H,18,19)/t11-/m1/s1. The minimum atomic E-state index is -0.123. The van der Waals surface area contributed by atoms with Crippen molar-refractivity contribution in [1.82, 2.24) is 5.32 Å². The van der Waals surface area contributed by atoms with Crippen LogP contribution in [-0.4, -0.2) is 23.4 Å². The van der Waals surface area contributed by atoms with E-state index in [-0.39, 0.29) is 23.4 Å². The molecule has 1 atom stereocenters. The second kappa shape index (κ2) is 6.04. The molecule has 110 valence electrons. The van der Waals surface area contributed by atoms with Gasteiger partial charge in [0, 0.05) is 6.04 Å². The van der Waals surface area contributed by atoms with Crippen LogP contribution in [0.5, 0.6) is 5.75 Å². The first kappa shape index (κ1) is 15.2. The van der Waals surface area contributed by atoms with Gasteiger partial charge in [0.05, 0.1) is 0 Å². The van der Waals surface area contributed by atoms with Crippen LogP contribution in [0.2, 0.25) is 0 Å². The molecule has 0 aliphatic carbocycles. The van der Waals surface area contributed by atoms with Crippen LogP contribution in [0.3, 0.4) is 0 Å². The zero-order chi connectivity index (χ0) is 14.8. The Balaban J connectivity index is 2.03. The number of halogens is 1. The molecule has 0 saturated heterocycles. The van der Waals surface area contributed by atoms with Gasteiger partial charge in [0.15, 0.2) is 0 Å². The fraction of sp³-hybridized carbons (Fsp3) is 0.562. The van der Waals surface area contributed by atoms with Gasteiger partial charge in [-0.15, -0.1) is 11.6 Å². The van der Waals surface area contributed by atoms with Crippen molar-refractivity contribution in [2.45, 2.75) is 51.7 Å². The quantitative estimate of drug-likeness (QED) is 0.867. The zero-order valence-electron chi connectivity index (χ0n) is 12.3. The lowest BCUT2D eigenvalue weighted by Crippen LogP contribution is -2.35. The number of amides is 1. The molecule has 1 N–H and O–H groups in total. The van der Waals surface area contributed by atoms with Crippen molar-refractivity contribution in [3.8, 4) is 5.75 Å². The average Bonchev–Trinajstić information content (AvgIpc) is 2.38. The monoisotopic (exact) mass is 295 g/mol. The molecule has 0 fully saturated rings. The predicted octanol–water partition coefficient (Wildman–Crippen LogP) is 3.08. The molecule has 0 bridgehead atoms. The molecule has 2 rings (SSSR count). The smallest absolute Gasteiger partial charge is 0.235 e. The number of carbonyl (C=O) groups excluding carboxylic acids is 1. The highest BCUT2D eigenvalue weighted by atomic mass is 35.5. The second-order valence-electron chi connectivity index (χ2n) is 6.11. The Kier molecular flexibility index (Phi) is 4.59. The molecule has 20 heavy (non-hydrogen) atoms. The lowest BCUT2D eigenvalue weighted by molar-refractivity contribution is -0.119. The molecule has 1 heterocycles. The number of hydrogen-bond donors (Lipinski definition) is 1. The van der Waals surface area contributed by atoms with Gasteiger partial charge in [-0.25, -0.2) is 0 Å². The van der Waals surface area contributed by atoms with E-state index in [4.69, 9.17) is 16.3 Å². The molecule has 1 aliphatic heterocycles. The van der Waals surface area contributed by atoms with Crippen LogP contribution in [0, 0.1) is 0 Å². The van der Waals surface area contributed by atoms with Gasteiger partial charge in [-0.3, -0.25) is 4.79 Å². The summed E-state index contributed by atoms with van der Waals surface area (Å²) >= 11 is 5.49. The van der Waals surface area contributed by atoms with Crippen LogP contribution in [0.25, 0.3) is 0 Å². The topological polar surface area (TPSA) is 38.3 Å². The summed E-state index contributed by atoms with van der Waals surface area (Å²) in [6, 6.07) is 6.39. The molecule has 0 aromatic heterocycles. The van der Waals surface area contributed by atoms with Gasteiger partial charge in [-0.05, 0) is 57.2 Å². The van der Waals surface area contributed by atoms with Crippen molar-refractivity contribution >= 4 is 17.5 Å². The first-order valence-corrected chi connectivity index (χ1v) is 7.59. The molecular weight excluding hydrogens is 274 g/mol. The van der Waals surface area contributed by atoms with Crippen LogP contribution in [0.1, 0.15) is 38.3 Å². The summed E-state index contributed by atoms with van der Waals surface area (Å²) < 4.78 is 5.97. The fourth-order valence-electron chi connectivity index (χ4n) is 2.56. The van der Waals surface area contributed by atoms with Crippen molar-refractivity contribution in [2.75, 3.05) is 5.88 Å². The molecule has 1 aromatic carbocycles. The number of aryl methyl sites for hydroxylation is 1. The highest BCUT2D eigenvalue weighted by molar-refractivity contribution is 6.27. The summed E-state index contributed by atoms with van der Waals surface area (Å²) in [6.07, 6.45) is 2.87. The van der Waals surface area contributed by atoms with Gasteiger partial charge in [-0.2, -0.15) is 0 Å². The van der Waals surface area contributed by atoms with E-state index in [9.17, 15) is 4.79 Å². The Hall–Kier alpha value is -1.22. The van der Waals surface area contributed by atoms with E-state index >= 15 is 0 Å². The summed E-state index contributed by atoms with van der Waals surface area (Å²) in [6.45, 7) is 6.23. The predicted molar refractivity (Wildman–Crippen MR) is 81.5 cm³/mol. The average molecular weight is 296 g/mol. The zero-order valence-corrected chi connectivity index (χ0v) is 13.1. The van der Waals surface area contributed by atoms with Gasteiger partial charge in [-0.1, -0.05) is 12.1 Å². The van der Waals surface area contributed by atoms with E-state index in [1.807, 2.05) is 13.0 Å². The minimum Gasteiger partial charge on any atom is -0.488 e. The molecule has 0 unspecified atom stereocenters. The summed E-state index contributed by atoms with van der Waals surface area (Å²) in [4.78, 5) is 11.3. The van der Waals surface area contributed by atoms with E-state index in [2.05, 4.69) is 31.3 Å². The van der Waals surface area contributed by atoms with Crippen molar-refractivity contribution in [1.29, 1.82) is 0 Å². The Morgan fingerprint density at radius 3 is 2.95 bits per heavy atom. The molecule has 4 heteroatoms. The second-order valence-corrected chi connectivity index (χ2v) is 6.38. The van der Waals surface area contributed by atoms with E-state index in [0.717, 1.165) is 25.0 Å². The van der Waals surface area contributed by atoms with E-state index in [1.165, 1.54) is 11.1 Å². The fourth-order valence-corrected chi connectivity index (χ4v) is 2.63. The number of rotatable bonds is 4. The van der Waals surface area contributed by atoms with Crippen molar-refractivity contribution in [3.63, 3.8) is 0 Å². The largest absolute Gasteiger partial charge is 0.488 e. The summed E-state index contributed by atoms with van der Waals surface area (Å²) in [7, 11) is 0. The van der Waals surface area contributed by atoms with Crippen LogP contribution < -0.4 is 10.1 Å². The van der Waals surface area contributed by atoms with Gasteiger partial charge in [0.1, 0.15) is 17.2 Å². The van der Waals surface area contributed by atoms with Gasteiger partial charge in [0.25, 0.3) is 0 Å². The maximum absolute atomic E-state index is 11.3. The number of nitrogens with one attached hydrogen (secondary N) is 1. The highest BCUT2D eigenvalue weighted by Crippen LogP contribution is 2.33. The molecule has 0 radical (unpaired) electrons. The van der Waals surface area contributed by atoms with Crippen molar-refractivity contribution in [2.24, 2.45) is 0 Å². The Morgan fingerprint density at radius 1 is 1.50 bits per heavy atom. The molecular formula is C16H22ClNO2. The third-order valence-electron chi connectivity index (χ3n) is 3.58. The molecule has 3 nitrogen and oxygen atoms in total. The maximum Gasteiger partial charge on any atom is 0.235 e. The van der Waals surface area contributed by atoms with Crippen LogP contribution in [0.15, 0.2) is 18.2 Å². The van der Waals surface area contributed by atoms with Crippen LogP contribution in [0.4, 0.5) is 0 Å². The van der Waals surface area contributed by atoms with Gasteiger partial charge in [0.2, 0.25) is 5.91 Å². The maximum atomic E-state index is 11.3. The Labute approximate surface area is 125 Å². The molecule has 1 aromatic rings. The number of fused-ring (bicyclic) bond motifs is 1. The SMILES string of the molecule is C[C@H](Cc1ccc2c(c1)CCC(C)(C)O2)NC(=O)CCl. The minimum absolute atomic E-state index is 0.0114. The van der Waals surface area contributed by atoms with Crippen LogP contribution in [-0.2, 0) is 17.6 Å². The third-order valence-corrected chi connectivity index (χ3v) is 3.82. The summed E-state index contributed by atoms with van der Waals surface area (Å²) in [5.41, 5.74) is 2.41. The number of benzene rings is 1. The lowest BCUT2D eigenvalue weighted by atomic mass is 9.92. The normalized spacial score (nSPS) is 17.8. The van der Waals surface area contributed by atoms with E-state index < -0.39 is 0 Å². The molecule has 1 amide bonds. The van der Waals surface area contributed by atoms with Crippen molar-refractivity contribution in [3.05, 3.63) is 29.3 Å². The van der Waals surface area contributed by atoms with E-state index in [0.29, 0.717) is 0 Å². The van der Waals surface area contributed by atoms with Crippen molar-refractivity contribution < 1.29 is 9.53 Å². The van der Waals surface area contributed by atoms with E-state index in [1.54, 1.807) is 0 Å². The van der Waals surface area contributed by atoms with Crippen LogP contribution >= 0.6 is 11.6 Å². The van der Waals surface area contributed by atoms with Gasteiger partial charge >= 0.3 is 0 Å². The molecule has 0 spiro atoms. The van der Waals surface area contributed by atoms with Gasteiger partial charge < -0.3 is 10.1 Å².